The molecule has 0 amide bonds. The lowest BCUT2D eigenvalue weighted by Gasteiger charge is -2.14. The summed E-state index contributed by atoms with van der Waals surface area (Å²) in [6, 6.07) is 10.8. The summed E-state index contributed by atoms with van der Waals surface area (Å²) < 4.78 is 1.79. The molecule has 0 radical (unpaired) electrons. The molecule has 0 spiro atoms. The van der Waals surface area contributed by atoms with Crippen LogP contribution in [0.2, 0.25) is 0 Å². The van der Waals surface area contributed by atoms with Crippen LogP contribution in [0.25, 0.3) is 0 Å². The normalized spacial score (nSPS) is 12.9. The third-order valence-corrected chi connectivity index (χ3v) is 3.38. The van der Waals surface area contributed by atoms with Gasteiger partial charge in [0, 0.05) is 13.2 Å². The predicted octanol–water partition coefficient (Wildman–Crippen LogP) is 2.29. The van der Waals surface area contributed by atoms with E-state index >= 15 is 0 Å². The molecule has 0 bridgehead atoms. The van der Waals surface area contributed by atoms with Gasteiger partial charge in [-0.15, -0.1) is 0 Å². The van der Waals surface area contributed by atoms with Gasteiger partial charge in [-0.2, -0.15) is 5.10 Å². The number of hydrazine groups is 1. The van der Waals surface area contributed by atoms with E-state index in [2.05, 4.69) is 48.6 Å². The van der Waals surface area contributed by atoms with Gasteiger partial charge in [0.25, 0.3) is 0 Å². The first-order valence-electron chi connectivity index (χ1n) is 6.64. The van der Waals surface area contributed by atoms with Crippen molar-refractivity contribution in [2.24, 2.45) is 12.9 Å². The fraction of sp³-hybridized carbons (Fsp3) is 0.400. The minimum absolute atomic E-state index is 0.0473. The van der Waals surface area contributed by atoms with Gasteiger partial charge >= 0.3 is 0 Å². The van der Waals surface area contributed by atoms with Crippen LogP contribution in [0.1, 0.15) is 42.6 Å². The van der Waals surface area contributed by atoms with Crippen molar-refractivity contribution < 1.29 is 0 Å². The van der Waals surface area contributed by atoms with Crippen LogP contribution >= 0.6 is 0 Å². The zero-order valence-corrected chi connectivity index (χ0v) is 11.8. The monoisotopic (exact) mass is 258 g/mol. The topological polar surface area (TPSA) is 55.9 Å². The predicted molar refractivity (Wildman–Crippen MR) is 77.5 cm³/mol. The van der Waals surface area contributed by atoms with Crippen molar-refractivity contribution >= 4 is 0 Å². The van der Waals surface area contributed by atoms with E-state index in [9.17, 15) is 0 Å². The Bertz CT molecular complexity index is 513. The molecule has 19 heavy (non-hydrogen) atoms. The molecule has 0 aliphatic rings. The van der Waals surface area contributed by atoms with Crippen LogP contribution in [0.3, 0.4) is 0 Å². The molecule has 0 aliphatic heterocycles. The average Bonchev–Trinajstić information content (AvgIpc) is 2.83. The molecule has 102 valence electrons. The van der Waals surface area contributed by atoms with Gasteiger partial charge in [-0.05, 0) is 29.5 Å². The molecule has 1 aromatic carbocycles. The highest BCUT2D eigenvalue weighted by atomic mass is 15.3. The van der Waals surface area contributed by atoms with Gasteiger partial charge in [-0.3, -0.25) is 16.0 Å². The summed E-state index contributed by atoms with van der Waals surface area (Å²) in [6.07, 6.45) is 2.77. The van der Waals surface area contributed by atoms with E-state index in [1.165, 1.54) is 11.1 Å². The fourth-order valence-corrected chi connectivity index (χ4v) is 2.14. The second-order valence-corrected chi connectivity index (χ2v) is 5.23. The van der Waals surface area contributed by atoms with Crippen LogP contribution in [0, 0.1) is 0 Å². The molecule has 0 fully saturated rings. The van der Waals surface area contributed by atoms with Crippen LogP contribution < -0.4 is 11.3 Å². The van der Waals surface area contributed by atoms with Gasteiger partial charge < -0.3 is 0 Å². The maximum absolute atomic E-state index is 5.64. The summed E-state index contributed by atoms with van der Waals surface area (Å²) in [7, 11) is 1.91. The lowest BCUT2D eigenvalue weighted by atomic mass is 9.98. The van der Waals surface area contributed by atoms with E-state index in [1.54, 1.807) is 4.68 Å². The summed E-state index contributed by atoms with van der Waals surface area (Å²) >= 11 is 0. The first-order chi connectivity index (χ1) is 9.10. The first-order valence-corrected chi connectivity index (χ1v) is 6.64. The molecular formula is C15H22N4. The zero-order chi connectivity index (χ0) is 13.8. The highest BCUT2D eigenvalue weighted by molar-refractivity contribution is 5.26. The molecule has 1 heterocycles. The smallest absolute Gasteiger partial charge is 0.0810 e. The summed E-state index contributed by atoms with van der Waals surface area (Å²) in [5, 5.41) is 4.40. The van der Waals surface area contributed by atoms with Crippen LogP contribution in [0.15, 0.2) is 36.5 Å². The van der Waals surface area contributed by atoms with E-state index in [0.29, 0.717) is 5.92 Å². The fourth-order valence-electron chi connectivity index (χ4n) is 2.14. The summed E-state index contributed by atoms with van der Waals surface area (Å²) in [5.74, 6) is 6.20. The number of nitrogens with one attached hydrogen (secondary N) is 1. The Hall–Kier alpha value is -1.65. The summed E-state index contributed by atoms with van der Waals surface area (Å²) in [5.41, 5.74) is 6.43. The van der Waals surface area contributed by atoms with E-state index in [4.69, 9.17) is 5.84 Å². The molecule has 1 atom stereocenters. The van der Waals surface area contributed by atoms with Gasteiger partial charge in [0.15, 0.2) is 0 Å². The Morgan fingerprint density at radius 3 is 2.37 bits per heavy atom. The van der Waals surface area contributed by atoms with Gasteiger partial charge in [-0.1, -0.05) is 38.1 Å². The third-order valence-electron chi connectivity index (χ3n) is 3.38. The van der Waals surface area contributed by atoms with Gasteiger partial charge in [0.1, 0.15) is 0 Å². The molecule has 3 N–H and O–H groups in total. The highest BCUT2D eigenvalue weighted by Gasteiger charge is 2.13. The van der Waals surface area contributed by atoms with Crippen molar-refractivity contribution in [3.05, 3.63) is 53.3 Å². The van der Waals surface area contributed by atoms with Crippen LogP contribution in [0.4, 0.5) is 0 Å². The van der Waals surface area contributed by atoms with E-state index in [1.807, 2.05) is 19.3 Å². The molecule has 2 aromatic rings. The van der Waals surface area contributed by atoms with Gasteiger partial charge in [0.05, 0.1) is 11.7 Å². The van der Waals surface area contributed by atoms with E-state index < -0.39 is 0 Å². The van der Waals surface area contributed by atoms with Crippen molar-refractivity contribution in [2.75, 3.05) is 0 Å². The minimum atomic E-state index is 0.0473. The molecule has 1 unspecified atom stereocenters. The Morgan fingerprint density at radius 1 is 1.21 bits per heavy atom. The number of rotatable bonds is 5. The number of hydrogen-bond acceptors (Lipinski definition) is 3. The second-order valence-electron chi connectivity index (χ2n) is 5.23. The van der Waals surface area contributed by atoms with Crippen molar-refractivity contribution in [2.45, 2.75) is 32.2 Å². The maximum Gasteiger partial charge on any atom is 0.0810 e. The molecule has 1 aromatic heterocycles. The summed E-state index contributed by atoms with van der Waals surface area (Å²) in [4.78, 5) is 0. The van der Waals surface area contributed by atoms with Crippen molar-refractivity contribution in [3.63, 3.8) is 0 Å². The van der Waals surface area contributed by atoms with E-state index in [-0.39, 0.29) is 6.04 Å². The van der Waals surface area contributed by atoms with Gasteiger partial charge in [0.2, 0.25) is 0 Å². The standard InChI is InChI=1S/C15H22N4/c1-11(2)13-6-4-12(5-7-13)10-15(17-16)14-8-9-19(3)18-14/h4-9,11,15,17H,10,16H2,1-3H3. The van der Waals surface area contributed by atoms with Crippen LogP contribution in [-0.4, -0.2) is 9.78 Å². The number of nitrogens with two attached hydrogens (primary N) is 1. The lowest BCUT2D eigenvalue weighted by Crippen LogP contribution is -2.30. The Morgan fingerprint density at radius 2 is 1.89 bits per heavy atom. The quantitative estimate of drug-likeness (QED) is 0.639. The maximum atomic E-state index is 5.64. The molecule has 0 aliphatic carbocycles. The molecule has 2 rings (SSSR count). The lowest BCUT2D eigenvalue weighted by molar-refractivity contribution is 0.529. The Kier molecular flexibility index (Phi) is 4.35. The molecule has 4 heteroatoms. The zero-order valence-electron chi connectivity index (χ0n) is 11.8. The van der Waals surface area contributed by atoms with Gasteiger partial charge in [-0.25, -0.2) is 0 Å². The number of hydrogen-bond donors (Lipinski definition) is 2. The largest absolute Gasteiger partial charge is 0.275 e. The van der Waals surface area contributed by atoms with Crippen molar-refractivity contribution in [3.8, 4) is 0 Å². The highest BCUT2D eigenvalue weighted by Crippen LogP contribution is 2.19. The number of benzene rings is 1. The van der Waals surface area contributed by atoms with Crippen molar-refractivity contribution in [1.82, 2.24) is 15.2 Å². The molecule has 4 nitrogen and oxygen atoms in total. The summed E-state index contributed by atoms with van der Waals surface area (Å²) in [6.45, 7) is 4.40. The van der Waals surface area contributed by atoms with E-state index in [0.717, 1.165) is 12.1 Å². The average molecular weight is 258 g/mol. The Balaban J connectivity index is 2.10. The van der Waals surface area contributed by atoms with Crippen LogP contribution in [0.5, 0.6) is 0 Å². The molecular weight excluding hydrogens is 236 g/mol. The van der Waals surface area contributed by atoms with Crippen LogP contribution in [-0.2, 0) is 13.5 Å². The molecule has 0 saturated heterocycles. The third kappa shape index (κ3) is 3.43. The SMILES string of the molecule is CC(C)c1ccc(CC(NN)c2ccn(C)n2)cc1. The minimum Gasteiger partial charge on any atom is -0.275 e. The first kappa shape index (κ1) is 13.8. The second kappa shape index (κ2) is 5.99. The number of nitrogens with zero attached hydrogens (tertiary/aromatic N) is 2. The Labute approximate surface area is 114 Å². The molecule has 0 saturated carbocycles. The number of aryl methyl sites for hydroxylation is 1. The van der Waals surface area contributed by atoms with Crippen molar-refractivity contribution in [1.29, 1.82) is 0 Å². The number of aromatic nitrogens is 2.